The molecule has 0 aromatic heterocycles. The summed E-state index contributed by atoms with van der Waals surface area (Å²) >= 11 is 0. The third kappa shape index (κ3) is 26.7. The molecule has 0 spiro atoms. The largest absolute Gasteiger partial charge is 1.00 e. The Morgan fingerprint density at radius 3 is 1.62 bits per heavy atom. The van der Waals surface area contributed by atoms with Crippen LogP contribution in [0, 0.1) is 6.92 Å². The van der Waals surface area contributed by atoms with Crippen molar-refractivity contribution < 1.29 is 67.1 Å². The van der Waals surface area contributed by atoms with Gasteiger partial charge in [0.2, 0.25) is 0 Å². The van der Waals surface area contributed by atoms with Crippen molar-refractivity contribution in [3.05, 3.63) is 6.92 Å². The van der Waals surface area contributed by atoms with Crippen molar-refractivity contribution in [1.29, 1.82) is 0 Å². The summed E-state index contributed by atoms with van der Waals surface area (Å²) < 4.78 is 33.5. The van der Waals surface area contributed by atoms with Crippen LogP contribution in [0.2, 0.25) is 0 Å². The van der Waals surface area contributed by atoms with Crippen LogP contribution in [0.25, 0.3) is 0 Å². The number of ether oxygens (including phenoxy) is 1. The Morgan fingerprint density at radius 2 is 1.54 bits per heavy atom. The molecular formula is C14H29NaO8S. The van der Waals surface area contributed by atoms with Gasteiger partial charge < -0.3 is 21.9 Å². The van der Waals surface area contributed by atoms with Crippen LogP contribution in [-0.4, -0.2) is 53.6 Å². The third-order valence-corrected chi connectivity index (χ3v) is 3.34. The van der Waals surface area contributed by atoms with Crippen molar-refractivity contribution >= 4 is 22.1 Å². The summed E-state index contributed by atoms with van der Waals surface area (Å²) in [6.07, 6.45) is 3.91. The van der Waals surface area contributed by atoms with Gasteiger partial charge in [-0.3, -0.25) is 14.1 Å². The first kappa shape index (κ1) is 31.6. The molecule has 1 atom stereocenters. The smallest absolute Gasteiger partial charge is 0.481 e. The minimum atomic E-state index is -4.84. The van der Waals surface area contributed by atoms with Gasteiger partial charge in [0.1, 0.15) is 0 Å². The zero-order valence-electron chi connectivity index (χ0n) is 15.0. The summed E-state index contributed by atoms with van der Waals surface area (Å²) in [4.78, 5) is 20.0. The summed E-state index contributed by atoms with van der Waals surface area (Å²) in [6, 6.07) is 0. The Bertz CT molecular complexity index is 392. The summed E-state index contributed by atoms with van der Waals surface area (Å²) in [5, 5.41) is 13.9. The fourth-order valence-electron chi connectivity index (χ4n) is 1.11. The number of carboxylic acid groups (broad SMARTS) is 2. The van der Waals surface area contributed by atoms with Crippen molar-refractivity contribution in [2.75, 3.05) is 13.2 Å². The maximum Gasteiger partial charge on any atom is 1.00 e. The zero-order valence-corrected chi connectivity index (χ0v) is 17.8. The molecule has 140 valence electrons. The topological polar surface area (TPSA) is 138 Å². The fraction of sp³-hybridized carbons (Fsp3) is 0.786. The number of aliphatic carboxylic acids is 2. The maximum atomic E-state index is 10.2. The second-order valence-electron chi connectivity index (χ2n) is 4.28. The number of carbonyl (C=O) groups is 2. The van der Waals surface area contributed by atoms with Gasteiger partial charge in [-0.25, -0.2) is 0 Å². The fourth-order valence-corrected chi connectivity index (χ4v) is 1.72. The molecule has 0 radical (unpaired) electrons. The first-order chi connectivity index (χ1) is 10.6. The second-order valence-corrected chi connectivity index (χ2v) is 5.88. The predicted molar refractivity (Wildman–Crippen MR) is 86.9 cm³/mol. The molecule has 8 nitrogen and oxygen atoms in total. The van der Waals surface area contributed by atoms with E-state index in [1.54, 1.807) is 0 Å². The Hall–Kier alpha value is -0.190. The van der Waals surface area contributed by atoms with Gasteiger partial charge in [-0.1, -0.05) is 26.2 Å². The van der Waals surface area contributed by atoms with Gasteiger partial charge in [-0.15, -0.1) is 0 Å². The molecule has 0 amide bonds. The Labute approximate surface area is 167 Å². The van der Waals surface area contributed by atoms with E-state index in [0.29, 0.717) is 0 Å². The molecular weight excluding hydrogens is 351 g/mol. The molecule has 0 aliphatic rings. The van der Waals surface area contributed by atoms with E-state index >= 15 is 0 Å². The van der Waals surface area contributed by atoms with Crippen molar-refractivity contribution in [3.63, 3.8) is 0 Å². The third-order valence-electron chi connectivity index (χ3n) is 2.26. The number of hydrogen-bond acceptors (Lipinski definition) is 5. The minimum Gasteiger partial charge on any atom is -0.481 e. The molecule has 10 heteroatoms. The normalized spacial score (nSPS) is 10.9. The summed E-state index contributed by atoms with van der Waals surface area (Å²) in [5.41, 5.74) is 0. The molecule has 0 saturated carbocycles. The monoisotopic (exact) mass is 380 g/mol. The summed E-state index contributed by atoms with van der Waals surface area (Å²) in [7, 11) is -4.84. The molecule has 0 bridgehead atoms. The van der Waals surface area contributed by atoms with Crippen LogP contribution in [0.15, 0.2) is 0 Å². The van der Waals surface area contributed by atoms with E-state index in [2.05, 4.69) is 13.8 Å². The van der Waals surface area contributed by atoms with E-state index in [-0.39, 0.29) is 29.6 Å². The molecule has 0 aromatic carbocycles. The van der Waals surface area contributed by atoms with Crippen LogP contribution in [0.4, 0.5) is 0 Å². The van der Waals surface area contributed by atoms with E-state index in [4.69, 9.17) is 19.5 Å². The predicted octanol–water partition coefficient (Wildman–Crippen LogP) is -0.750. The van der Waals surface area contributed by atoms with Crippen molar-refractivity contribution in [3.8, 4) is 0 Å². The van der Waals surface area contributed by atoms with Crippen molar-refractivity contribution in [2.24, 2.45) is 0 Å². The van der Waals surface area contributed by atoms with Gasteiger partial charge in [0.15, 0.2) is 5.25 Å². The molecule has 0 aromatic rings. The van der Waals surface area contributed by atoms with E-state index in [0.717, 1.165) is 19.6 Å². The zero-order chi connectivity index (χ0) is 18.9. The summed E-state index contributed by atoms with van der Waals surface area (Å²) in [5.74, 6) is -3.50. The van der Waals surface area contributed by atoms with Crippen LogP contribution in [0.1, 0.15) is 52.9 Å². The van der Waals surface area contributed by atoms with Gasteiger partial charge in [0.05, 0.1) is 6.42 Å². The average Bonchev–Trinajstić information content (AvgIpc) is 2.43. The molecule has 1 unspecified atom stereocenters. The summed E-state index contributed by atoms with van der Waals surface area (Å²) in [6.45, 7) is 11.6. The molecule has 3 N–H and O–H groups in total. The standard InChI is InChI=1S/C6H13.C4H6O7S.C4H10O.Na/c1-3-5-6-4-2;5-3(6)1-2(4(7)8)12(9,10)11;1-3-5-4-2;/h1,3-6H2,2H3;2H,1H2,(H,5,6)(H,7,8)(H,9,10,11);3-4H2,1-2H3;/q-1;;;+1. The van der Waals surface area contributed by atoms with Crippen LogP contribution < -0.4 is 29.6 Å². The average molecular weight is 380 g/mol. The number of rotatable bonds is 9. The van der Waals surface area contributed by atoms with Crippen LogP contribution in [-0.2, 0) is 24.4 Å². The van der Waals surface area contributed by atoms with E-state index in [9.17, 15) is 18.0 Å². The number of hydrogen-bond donors (Lipinski definition) is 3. The van der Waals surface area contributed by atoms with Gasteiger partial charge in [-0.05, 0) is 13.8 Å². The van der Waals surface area contributed by atoms with Gasteiger partial charge >= 0.3 is 41.5 Å². The molecule has 0 aliphatic carbocycles. The molecule has 0 heterocycles. The van der Waals surface area contributed by atoms with Crippen LogP contribution >= 0.6 is 0 Å². The molecule has 0 fully saturated rings. The van der Waals surface area contributed by atoms with E-state index in [1.165, 1.54) is 19.3 Å². The minimum absolute atomic E-state index is 0. The van der Waals surface area contributed by atoms with E-state index in [1.807, 2.05) is 13.8 Å². The van der Waals surface area contributed by atoms with Crippen LogP contribution in [0.3, 0.4) is 0 Å². The first-order valence-corrected chi connectivity index (χ1v) is 8.86. The van der Waals surface area contributed by atoms with Gasteiger partial charge in [0, 0.05) is 13.2 Å². The second kappa shape index (κ2) is 20.9. The molecule has 0 aliphatic heterocycles. The van der Waals surface area contributed by atoms with E-state index < -0.39 is 33.7 Å². The number of unbranched alkanes of at least 4 members (excludes halogenated alkanes) is 3. The number of carboxylic acids is 2. The molecule has 24 heavy (non-hydrogen) atoms. The van der Waals surface area contributed by atoms with Gasteiger partial charge in [0.25, 0.3) is 10.1 Å². The van der Waals surface area contributed by atoms with Crippen molar-refractivity contribution in [1.82, 2.24) is 0 Å². The quantitative estimate of drug-likeness (QED) is 0.206. The SMILES string of the molecule is CCOCC.O=C(O)CC(C(=O)O)S(=O)(=O)O.[CH2-]CCCCC.[Na+]. The Kier molecular flexibility index (Phi) is 27.4. The maximum absolute atomic E-state index is 10.2. The molecule has 0 rings (SSSR count). The van der Waals surface area contributed by atoms with Crippen molar-refractivity contribution in [2.45, 2.75) is 58.1 Å². The van der Waals surface area contributed by atoms with Crippen LogP contribution in [0.5, 0.6) is 0 Å². The first-order valence-electron chi connectivity index (χ1n) is 7.36. The molecule has 0 saturated heterocycles. The Balaban J connectivity index is -0.000000140. The Morgan fingerprint density at radius 1 is 1.08 bits per heavy atom. The van der Waals surface area contributed by atoms with Gasteiger partial charge in [-0.2, -0.15) is 14.8 Å².